The van der Waals surface area contributed by atoms with Gasteiger partial charge in [-0.2, -0.15) is 0 Å². The lowest BCUT2D eigenvalue weighted by Crippen LogP contribution is -2.55. The first-order chi connectivity index (χ1) is 17.0. The van der Waals surface area contributed by atoms with Crippen molar-refractivity contribution in [3.8, 4) is 0 Å². The van der Waals surface area contributed by atoms with E-state index in [1.165, 1.54) is 19.1 Å². The van der Waals surface area contributed by atoms with Crippen molar-refractivity contribution in [1.29, 1.82) is 0 Å². The van der Waals surface area contributed by atoms with E-state index in [2.05, 4.69) is 26.1 Å². The Morgan fingerprint density at radius 3 is 2.33 bits per heavy atom. The Labute approximate surface area is 216 Å². The number of anilines is 1. The number of rotatable bonds is 9. The summed E-state index contributed by atoms with van der Waals surface area (Å²) in [5, 5.41) is 14.1. The minimum Gasteiger partial charge on any atom is -0.343 e. The molecule has 0 bridgehead atoms. The number of aromatic nitrogens is 2. The molecule has 1 aromatic heterocycles. The second-order valence-corrected chi connectivity index (χ2v) is 11.0. The minimum absolute atomic E-state index is 0.0552. The van der Waals surface area contributed by atoms with Crippen LogP contribution < -0.4 is 20.7 Å². The van der Waals surface area contributed by atoms with Crippen molar-refractivity contribution in [3.05, 3.63) is 69.7 Å². The number of carbonyl (C=O) groups is 3. The molecule has 5 N–H and O–H groups in total. The van der Waals surface area contributed by atoms with Gasteiger partial charge in [0.25, 0.3) is 10.0 Å². The second kappa shape index (κ2) is 11.9. The number of hydrogen-bond donors (Lipinski definition) is 5. The van der Waals surface area contributed by atoms with E-state index in [4.69, 9.17) is 12.2 Å². The van der Waals surface area contributed by atoms with Crippen LogP contribution in [0.3, 0.4) is 0 Å². The number of sulfonamides is 1. The van der Waals surface area contributed by atoms with Gasteiger partial charge in [-0.15, -0.1) is 5.10 Å². The van der Waals surface area contributed by atoms with Crippen LogP contribution in [0.2, 0.25) is 0 Å². The molecule has 3 aromatic rings. The molecule has 36 heavy (non-hydrogen) atoms. The Kier molecular flexibility index (Phi) is 8.90. The number of aromatic amines is 1. The molecule has 0 aliphatic carbocycles. The first-order valence-electron chi connectivity index (χ1n) is 10.6. The molecule has 0 radical (unpaired) electrons. The monoisotopic (exact) mass is 548 g/mol. The van der Waals surface area contributed by atoms with Crippen LogP contribution in [0.5, 0.6) is 0 Å². The number of benzene rings is 2. The van der Waals surface area contributed by atoms with Crippen LogP contribution >= 0.6 is 23.6 Å². The Morgan fingerprint density at radius 2 is 1.69 bits per heavy atom. The number of amides is 4. The maximum Gasteiger partial charge on any atom is 0.329 e. The fourth-order valence-corrected chi connectivity index (χ4v) is 5.11. The Bertz CT molecular complexity index is 1400. The third kappa shape index (κ3) is 7.44. The zero-order valence-electron chi connectivity index (χ0n) is 19.3. The molecule has 3 rings (SSSR count). The quantitative estimate of drug-likeness (QED) is 0.256. The highest BCUT2D eigenvalue weighted by molar-refractivity contribution is 7.90. The molecule has 14 heteroatoms. The summed E-state index contributed by atoms with van der Waals surface area (Å²) in [6.07, 6.45) is 0.0552. The fraction of sp³-hybridized carbons (Fsp3) is 0.227. The molecular formula is C22H24N6O5S3. The van der Waals surface area contributed by atoms with Gasteiger partial charge in [0.15, 0.2) is 3.95 Å². The first kappa shape index (κ1) is 27.0. The van der Waals surface area contributed by atoms with Gasteiger partial charge in [0.1, 0.15) is 12.1 Å². The van der Waals surface area contributed by atoms with E-state index in [9.17, 15) is 22.8 Å². The van der Waals surface area contributed by atoms with E-state index in [1.807, 2.05) is 4.72 Å². The third-order valence-corrected chi connectivity index (χ3v) is 7.43. The van der Waals surface area contributed by atoms with E-state index >= 15 is 0 Å². The summed E-state index contributed by atoms with van der Waals surface area (Å²) in [5.74, 6) is -1.23. The molecule has 0 aliphatic rings. The molecule has 2 aromatic carbocycles. The summed E-state index contributed by atoms with van der Waals surface area (Å²) in [6, 6.07) is 11.8. The van der Waals surface area contributed by atoms with Crippen LogP contribution in [0, 0.1) is 10.9 Å². The maximum atomic E-state index is 13.0. The molecule has 0 spiro atoms. The molecule has 0 saturated heterocycles. The van der Waals surface area contributed by atoms with Crippen LogP contribution in [0.15, 0.2) is 59.5 Å². The summed E-state index contributed by atoms with van der Waals surface area (Å²) in [6.45, 7) is 3.06. The van der Waals surface area contributed by atoms with Gasteiger partial charge < -0.3 is 10.6 Å². The molecule has 4 amide bonds. The van der Waals surface area contributed by atoms with Crippen LogP contribution in [0.4, 0.5) is 9.93 Å². The number of carbonyl (C=O) groups excluding carboxylic acids is 3. The van der Waals surface area contributed by atoms with E-state index in [0.29, 0.717) is 15.1 Å². The normalized spacial score (nSPS) is 12.7. The van der Waals surface area contributed by atoms with Crippen molar-refractivity contribution < 1.29 is 22.8 Å². The van der Waals surface area contributed by atoms with Crippen molar-refractivity contribution in [3.63, 3.8) is 0 Å². The Morgan fingerprint density at radius 1 is 1.03 bits per heavy atom. The summed E-state index contributed by atoms with van der Waals surface area (Å²) >= 11 is 5.98. The molecule has 1 heterocycles. The van der Waals surface area contributed by atoms with Gasteiger partial charge in [-0.25, -0.2) is 17.9 Å². The largest absolute Gasteiger partial charge is 0.343 e. The number of aryl methyl sites for hydroxylation is 1. The van der Waals surface area contributed by atoms with Gasteiger partial charge in [0.2, 0.25) is 16.9 Å². The molecule has 0 unspecified atom stereocenters. The molecule has 0 saturated carbocycles. The number of nitrogens with one attached hydrogen (secondary N) is 5. The van der Waals surface area contributed by atoms with Gasteiger partial charge in [-0.05, 0) is 43.3 Å². The molecule has 0 fully saturated rings. The Balaban J connectivity index is 1.71. The lowest BCUT2D eigenvalue weighted by Gasteiger charge is -2.21. The summed E-state index contributed by atoms with van der Waals surface area (Å²) < 4.78 is 27.7. The number of urea groups is 1. The molecule has 0 aliphatic heterocycles. The van der Waals surface area contributed by atoms with Gasteiger partial charge in [0.05, 0.1) is 4.90 Å². The Hall–Kier alpha value is -3.62. The SMILES string of the molecule is Cc1ccccc1S(=O)(=O)NC(=O)N[C@@H](Cc1ccccc1)C(=O)N[C@@H](C)C(=O)Nc1n[nH]c(=S)s1. The van der Waals surface area contributed by atoms with Crippen molar-refractivity contribution in [2.24, 2.45) is 0 Å². The molecule has 11 nitrogen and oxygen atoms in total. The predicted molar refractivity (Wildman–Crippen MR) is 137 cm³/mol. The standard InChI is InChI=1S/C22H24N6O5S3/c1-13-8-6-7-11-17(13)36(32,33)28-20(31)24-16(12-15-9-4-3-5-10-15)19(30)23-14(2)18(29)25-21-26-27-22(34)35-21/h3-11,14,16H,12H2,1-2H3,(H,23,30)(H,27,34)(H2,24,28,31)(H,25,26,29)/t14-,16-/m0/s1. The van der Waals surface area contributed by atoms with Crippen molar-refractivity contribution in [2.45, 2.75) is 37.2 Å². The highest BCUT2D eigenvalue weighted by atomic mass is 32.2. The van der Waals surface area contributed by atoms with Crippen LogP contribution in [-0.2, 0) is 26.0 Å². The maximum absolute atomic E-state index is 13.0. The summed E-state index contributed by atoms with van der Waals surface area (Å²) in [4.78, 5) is 38.0. The summed E-state index contributed by atoms with van der Waals surface area (Å²) in [7, 11) is -4.18. The van der Waals surface area contributed by atoms with Gasteiger partial charge >= 0.3 is 6.03 Å². The zero-order valence-corrected chi connectivity index (χ0v) is 21.7. The molecule has 190 valence electrons. The van der Waals surface area contributed by atoms with E-state index in [1.54, 1.807) is 49.4 Å². The second-order valence-electron chi connectivity index (χ2n) is 7.72. The zero-order chi connectivity index (χ0) is 26.3. The van der Waals surface area contributed by atoms with Crippen LogP contribution in [-0.4, -0.2) is 48.5 Å². The van der Waals surface area contributed by atoms with Crippen molar-refractivity contribution in [2.75, 3.05) is 5.32 Å². The van der Waals surface area contributed by atoms with Crippen LogP contribution in [0.25, 0.3) is 0 Å². The average Bonchev–Trinajstić information content (AvgIpc) is 3.23. The lowest BCUT2D eigenvalue weighted by atomic mass is 10.1. The van der Waals surface area contributed by atoms with Crippen molar-refractivity contribution >= 4 is 56.6 Å². The summed E-state index contributed by atoms with van der Waals surface area (Å²) in [5.41, 5.74) is 1.17. The van der Waals surface area contributed by atoms with Crippen LogP contribution in [0.1, 0.15) is 18.1 Å². The highest BCUT2D eigenvalue weighted by Gasteiger charge is 2.27. The molecule has 2 atom stereocenters. The van der Waals surface area contributed by atoms with Crippen molar-refractivity contribution in [1.82, 2.24) is 25.6 Å². The van der Waals surface area contributed by atoms with E-state index < -0.39 is 40.0 Å². The smallest absolute Gasteiger partial charge is 0.329 e. The van der Waals surface area contributed by atoms with Gasteiger partial charge in [-0.1, -0.05) is 59.9 Å². The number of nitrogens with zero attached hydrogens (tertiary/aromatic N) is 1. The molecular weight excluding hydrogens is 524 g/mol. The van der Waals surface area contributed by atoms with E-state index in [-0.39, 0.29) is 16.4 Å². The number of H-pyrrole nitrogens is 1. The first-order valence-corrected chi connectivity index (χ1v) is 13.4. The van der Waals surface area contributed by atoms with Gasteiger partial charge in [-0.3, -0.25) is 20.0 Å². The topological polar surface area (TPSA) is 162 Å². The lowest BCUT2D eigenvalue weighted by molar-refractivity contribution is -0.127. The highest BCUT2D eigenvalue weighted by Crippen LogP contribution is 2.14. The third-order valence-electron chi connectivity index (χ3n) is 4.93. The van der Waals surface area contributed by atoms with E-state index in [0.717, 1.165) is 11.3 Å². The number of hydrogen-bond acceptors (Lipinski definition) is 8. The fourth-order valence-electron chi connectivity index (χ4n) is 3.16. The van der Waals surface area contributed by atoms with Gasteiger partial charge in [0, 0.05) is 6.42 Å². The minimum atomic E-state index is -4.18. The average molecular weight is 549 g/mol. The predicted octanol–water partition coefficient (Wildman–Crippen LogP) is 2.25.